The molecule has 1 heterocycles. The predicted molar refractivity (Wildman–Crippen MR) is 40.8 cm³/mol. The fourth-order valence-corrected chi connectivity index (χ4v) is 0.711. The van der Waals surface area contributed by atoms with Gasteiger partial charge in [0.15, 0.2) is 5.82 Å². The van der Waals surface area contributed by atoms with Crippen LogP contribution in [0.15, 0.2) is 10.8 Å². The molecular formula is C5H4BrF2N3O. The van der Waals surface area contributed by atoms with Crippen molar-refractivity contribution in [2.45, 2.75) is 6.61 Å². The molecule has 0 spiro atoms. The van der Waals surface area contributed by atoms with Crippen molar-refractivity contribution in [3.8, 4) is 5.88 Å². The van der Waals surface area contributed by atoms with Crippen molar-refractivity contribution in [1.82, 2.24) is 9.97 Å². The summed E-state index contributed by atoms with van der Waals surface area (Å²) in [7, 11) is 0. The Balaban J connectivity index is 2.82. The number of ether oxygens (including phenoxy) is 1. The van der Waals surface area contributed by atoms with E-state index >= 15 is 0 Å². The highest BCUT2D eigenvalue weighted by atomic mass is 79.9. The number of nitrogens with zero attached hydrogens (tertiary/aromatic N) is 2. The van der Waals surface area contributed by atoms with E-state index in [2.05, 4.69) is 30.6 Å². The van der Waals surface area contributed by atoms with Gasteiger partial charge in [-0.15, -0.1) is 0 Å². The minimum absolute atomic E-state index is 0.00755. The normalized spacial score (nSPS) is 10.3. The molecule has 0 amide bonds. The van der Waals surface area contributed by atoms with Gasteiger partial charge in [0.2, 0.25) is 5.88 Å². The summed E-state index contributed by atoms with van der Waals surface area (Å²) in [6.07, 6.45) is 1.05. The molecular weight excluding hydrogens is 236 g/mol. The first-order chi connectivity index (χ1) is 5.59. The Hall–Kier alpha value is -0.980. The van der Waals surface area contributed by atoms with Crippen molar-refractivity contribution >= 4 is 21.7 Å². The molecule has 0 radical (unpaired) electrons. The van der Waals surface area contributed by atoms with Gasteiger partial charge in [0.05, 0.1) is 6.20 Å². The number of nitrogen functional groups attached to an aromatic ring is 1. The Labute approximate surface area is 74.9 Å². The minimum Gasteiger partial charge on any atom is -0.415 e. The number of hydrogen-bond acceptors (Lipinski definition) is 4. The van der Waals surface area contributed by atoms with Gasteiger partial charge < -0.3 is 10.5 Å². The minimum atomic E-state index is -2.92. The number of aromatic nitrogens is 2. The van der Waals surface area contributed by atoms with E-state index in [0.717, 1.165) is 6.20 Å². The molecule has 0 atom stereocenters. The molecule has 12 heavy (non-hydrogen) atoms. The van der Waals surface area contributed by atoms with Crippen LogP contribution in [0.3, 0.4) is 0 Å². The Morgan fingerprint density at radius 1 is 1.58 bits per heavy atom. The fourth-order valence-electron chi connectivity index (χ4n) is 0.520. The molecule has 2 N–H and O–H groups in total. The lowest BCUT2D eigenvalue weighted by Gasteiger charge is -2.03. The Morgan fingerprint density at radius 2 is 2.25 bits per heavy atom. The summed E-state index contributed by atoms with van der Waals surface area (Å²) in [5.74, 6) is -0.293. The average molecular weight is 240 g/mol. The summed E-state index contributed by atoms with van der Waals surface area (Å²) >= 11 is 2.95. The van der Waals surface area contributed by atoms with E-state index in [1.165, 1.54) is 0 Å². The number of anilines is 1. The highest BCUT2D eigenvalue weighted by Crippen LogP contribution is 2.17. The predicted octanol–water partition coefficient (Wildman–Crippen LogP) is 1.42. The molecule has 1 aromatic heterocycles. The monoisotopic (exact) mass is 239 g/mol. The molecule has 1 rings (SSSR count). The molecule has 0 aliphatic rings. The van der Waals surface area contributed by atoms with Crippen molar-refractivity contribution in [3.05, 3.63) is 10.8 Å². The van der Waals surface area contributed by atoms with Crippen molar-refractivity contribution in [3.63, 3.8) is 0 Å². The van der Waals surface area contributed by atoms with Crippen molar-refractivity contribution in [2.75, 3.05) is 5.73 Å². The van der Waals surface area contributed by atoms with Gasteiger partial charge in [-0.2, -0.15) is 13.8 Å². The summed E-state index contributed by atoms with van der Waals surface area (Å²) in [5.41, 5.74) is 5.25. The molecule has 0 fully saturated rings. The zero-order chi connectivity index (χ0) is 9.14. The van der Waals surface area contributed by atoms with Crippen molar-refractivity contribution in [1.29, 1.82) is 0 Å². The van der Waals surface area contributed by atoms with Gasteiger partial charge in [-0.25, -0.2) is 4.98 Å². The molecule has 66 valence electrons. The fraction of sp³-hybridized carbons (Fsp3) is 0.200. The lowest BCUT2D eigenvalue weighted by Crippen LogP contribution is -2.05. The lowest BCUT2D eigenvalue weighted by molar-refractivity contribution is -0.0530. The Kier molecular flexibility index (Phi) is 2.74. The third kappa shape index (κ3) is 2.26. The molecule has 0 saturated carbocycles. The van der Waals surface area contributed by atoms with E-state index in [4.69, 9.17) is 5.73 Å². The largest absolute Gasteiger partial charge is 0.415 e. The number of nitrogens with two attached hydrogens (primary N) is 1. The molecule has 0 unspecified atom stereocenters. The highest BCUT2D eigenvalue weighted by molar-refractivity contribution is 9.10. The van der Waals surface area contributed by atoms with Crippen LogP contribution >= 0.6 is 15.9 Å². The van der Waals surface area contributed by atoms with Crippen LogP contribution in [0.5, 0.6) is 5.88 Å². The second kappa shape index (κ2) is 3.61. The lowest BCUT2D eigenvalue weighted by atomic mass is 10.7. The number of rotatable bonds is 2. The van der Waals surface area contributed by atoms with Crippen LogP contribution in [0.2, 0.25) is 0 Å². The second-order valence-electron chi connectivity index (χ2n) is 1.76. The number of halogens is 3. The average Bonchev–Trinajstić information content (AvgIpc) is 1.96. The third-order valence-corrected chi connectivity index (χ3v) is 1.55. The van der Waals surface area contributed by atoms with E-state index in [1.54, 1.807) is 0 Å². The van der Waals surface area contributed by atoms with Crippen LogP contribution in [-0.4, -0.2) is 16.6 Å². The van der Waals surface area contributed by atoms with Crippen LogP contribution in [0.1, 0.15) is 0 Å². The smallest absolute Gasteiger partial charge is 0.388 e. The SMILES string of the molecule is Nc1nc(OC(F)F)cnc1Br. The molecule has 0 aliphatic carbocycles. The van der Waals surface area contributed by atoms with Crippen LogP contribution in [0.25, 0.3) is 0 Å². The van der Waals surface area contributed by atoms with Gasteiger partial charge in [0, 0.05) is 0 Å². The summed E-state index contributed by atoms with van der Waals surface area (Å²) in [6, 6.07) is 0. The summed E-state index contributed by atoms with van der Waals surface area (Å²) < 4.78 is 27.5. The van der Waals surface area contributed by atoms with Crippen LogP contribution in [0.4, 0.5) is 14.6 Å². The first-order valence-corrected chi connectivity index (χ1v) is 3.61. The third-order valence-electron chi connectivity index (χ3n) is 0.940. The Bertz CT molecular complexity index is 283. The zero-order valence-electron chi connectivity index (χ0n) is 5.67. The maximum Gasteiger partial charge on any atom is 0.388 e. The molecule has 0 aromatic carbocycles. The first kappa shape index (κ1) is 9.11. The highest BCUT2D eigenvalue weighted by Gasteiger charge is 2.07. The van der Waals surface area contributed by atoms with E-state index in [-0.39, 0.29) is 11.7 Å². The van der Waals surface area contributed by atoms with Crippen LogP contribution in [-0.2, 0) is 0 Å². The van der Waals surface area contributed by atoms with Crippen LogP contribution < -0.4 is 10.5 Å². The van der Waals surface area contributed by atoms with Gasteiger partial charge in [0.1, 0.15) is 4.60 Å². The zero-order valence-corrected chi connectivity index (χ0v) is 7.25. The van der Waals surface area contributed by atoms with Gasteiger partial charge in [0.25, 0.3) is 0 Å². The molecule has 7 heteroatoms. The van der Waals surface area contributed by atoms with Crippen molar-refractivity contribution < 1.29 is 13.5 Å². The van der Waals surface area contributed by atoms with Gasteiger partial charge in [-0.05, 0) is 15.9 Å². The topological polar surface area (TPSA) is 61.0 Å². The quantitative estimate of drug-likeness (QED) is 0.849. The van der Waals surface area contributed by atoms with Gasteiger partial charge >= 0.3 is 6.61 Å². The summed E-state index contributed by atoms with van der Waals surface area (Å²) in [5, 5.41) is 0. The molecule has 4 nitrogen and oxygen atoms in total. The van der Waals surface area contributed by atoms with E-state index in [9.17, 15) is 8.78 Å². The van der Waals surface area contributed by atoms with E-state index in [1.807, 2.05) is 0 Å². The van der Waals surface area contributed by atoms with E-state index < -0.39 is 6.61 Å². The Morgan fingerprint density at radius 3 is 2.75 bits per heavy atom. The maximum absolute atomic E-state index is 11.6. The molecule has 0 aliphatic heterocycles. The summed E-state index contributed by atoms with van der Waals surface area (Å²) in [4.78, 5) is 7.08. The molecule has 0 bridgehead atoms. The molecule has 0 saturated heterocycles. The molecule has 1 aromatic rings. The van der Waals surface area contributed by atoms with Crippen molar-refractivity contribution in [2.24, 2.45) is 0 Å². The maximum atomic E-state index is 11.6. The van der Waals surface area contributed by atoms with E-state index in [0.29, 0.717) is 4.60 Å². The number of hydrogen-bond donors (Lipinski definition) is 1. The standard InChI is InChI=1S/C5H4BrF2N3O/c6-3-4(9)11-2(1-10-3)12-5(7)8/h1,5H,(H2,9,11). The van der Waals surface area contributed by atoms with Crippen LogP contribution in [0, 0.1) is 0 Å². The summed E-state index contributed by atoms with van der Waals surface area (Å²) in [6.45, 7) is -2.92. The second-order valence-corrected chi connectivity index (χ2v) is 2.51. The van der Waals surface area contributed by atoms with Gasteiger partial charge in [-0.3, -0.25) is 0 Å². The van der Waals surface area contributed by atoms with Gasteiger partial charge in [-0.1, -0.05) is 0 Å². The first-order valence-electron chi connectivity index (χ1n) is 2.82. The number of alkyl halides is 2.